The summed E-state index contributed by atoms with van der Waals surface area (Å²) in [5.41, 5.74) is -0.789. The van der Waals surface area contributed by atoms with Crippen LogP contribution in [0, 0.1) is 10.1 Å². The summed E-state index contributed by atoms with van der Waals surface area (Å²) in [4.78, 5) is 21.5. The van der Waals surface area contributed by atoms with Crippen LogP contribution in [0.15, 0.2) is 6.20 Å². The molecule has 0 radical (unpaired) electrons. The van der Waals surface area contributed by atoms with Gasteiger partial charge in [-0.25, -0.2) is 4.79 Å². The van der Waals surface area contributed by atoms with Crippen LogP contribution >= 0.6 is 0 Å². The van der Waals surface area contributed by atoms with E-state index < -0.39 is 16.6 Å². The summed E-state index contributed by atoms with van der Waals surface area (Å²) < 4.78 is 11.2. The first-order chi connectivity index (χ1) is 9.23. The minimum atomic E-state index is -0.580. The van der Waals surface area contributed by atoms with E-state index in [2.05, 4.69) is 10.4 Å². The molecule has 1 rings (SSSR count). The molecule has 0 saturated carbocycles. The number of alkyl carbamates (subject to hydrolysis) is 1. The highest BCUT2D eigenvalue weighted by atomic mass is 16.6. The van der Waals surface area contributed by atoms with E-state index >= 15 is 0 Å². The Hall–Kier alpha value is -2.32. The molecule has 112 valence electrons. The molecule has 0 spiro atoms. The van der Waals surface area contributed by atoms with Gasteiger partial charge in [-0.05, 0) is 20.8 Å². The summed E-state index contributed by atoms with van der Waals surface area (Å²) in [6, 6.07) is 0. The van der Waals surface area contributed by atoms with Gasteiger partial charge in [0, 0.05) is 6.54 Å². The molecular weight excluding hydrogens is 268 g/mol. The second-order valence-corrected chi connectivity index (χ2v) is 4.97. The number of amides is 1. The molecule has 1 aromatic heterocycles. The summed E-state index contributed by atoms with van der Waals surface area (Å²) >= 11 is 0. The zero-order valence-electron chi connectivity index (χ0n) is 11.9. The molecular formula is C11H18N4O5. The highest BCUT2D eigenvalue weighted by molar-refractivity contribution is 5.67. The normalized spacial score (nSPS) is 11.0. The molecule has 0 aromatic carbocycles. The van der Waals surface area contributed by atoms with E-state index in [4.69, 9.17) is 9.47 Å². The monoisotopic (exact) mass is 286 g/mol. The fourth-order valence-electron chi connectivity index (χ4n) is 1.36. The second-order valence-electron chi connectivity index (χ2n) is 4.97. The minimum Gasteiger partial charge on any atom is -0.475 e. The number of nitrogens with zero attached hydrogens (tertiary/aromatic N) is 3. The lowest BCUT2D eigenvalue weighted by Crippen LogP contribution is -2.34. The number of rotatable bonds is 5. The number of carbonyl (C=O) groups excluding carboxylic acids is 1. The summed E-state index contributed by atoms with van der Waals surface area (Å²) in [7, 11) is 1.30. The number of methoxy groups -OCH3 is 1. The Kier molecular flexibility index (Phi) is 4.89. The SMILES string of the molecule is COc1nn(CCNC(=O)OC(C)(C)C)cc1[N+](=O)[O-]. The van der Waals surface area contributed by atoms with Gasteiger partial charge in [0.1, 0.15) is 11.8 Å². The fourth-order valence-corrected chi connectivity index (χ4v) is 1.36. The van der Waals surface area contributed by atoms with Crippen molar-refractivity contribution in [1.29, 1.82) is 0 Å². The van der Waals surface area contributed by atoms with Gasteiger partial charge in [-0.3, -0.25) is 14.8 Å². The molecule has 0 bridgehead atoms. The molecule has 0 aliphatic rings. The van der Waals surface area contributed by atoms with Crippen LogP contribution in [-0.4, -0.2) is 40.1 Å². The Bertz CT molecular complexity index is 491. The van der Waals surface area contributed by atoms with Crippen LogP contribution in [0.5, 0.6) is 5.88 Å². The van der Waals surface area contributed by atoms with Crippen LogP contribution in [0.4, 0.5) is 10.5 Å². The lowest BCUT2D eigenvalue weighted by Gasteiger charge is -2.19. The van der Waals surface area contributed by atoms with Gasteiger partial charge >= 0.3 is 17.7 Å². The standard InChI is InChI=1S/C11H18N4O5/c1-11(2,3)20-10(16)12-5-6-14-7-8(15(17)18)9(13-14)19-4/h7H,5-6H2,1-4H3,(H,12,16). The van der Waals surface area contributed by atoms with Crippen molar-refractivity contribution in [3.05, 3.63) is 16.3 Å². The average Bonchev–Trinajstić information content (AvgIpc) is 2.70. The first-order valence-electron chi connectivity index (χ1n) is 5.95. The van der Waals surface area contributed by atoms with Crippen LogP contribution in [0.2, 0.25) is 0 Å². The highest BCUT2D eigenvalue weighted by Crippen LogP contribution is 2.23. The van der Waals surface area contributed by atoms with Gasteiger partial charge in [-0.15, -0.1) is 5.10 Å². The molecule has 0 aliphatic heterocycles. The number of nitro groups is 1. The largest absolute Gasteiger partial charge is 0.475 e. The van der Waals surface area contributed by atoms with Crippen LogP contribution in [0.25, 0.3) is 0 Å². The van der Waals surface area contributed by atoms with Crippen molar-refractivity contribution >= 4 is 11.8 Å². The van der Waals surface area contributed by atoms with E-state index in [1.165, 1.54) is 18.0 Å². The number of aromatic nitrogens is 2. The third kappa shape index (κ3) is 4.75. The van der Waals surface area contributed by atoms with Gasteiger partial charge in [0.2, 0.25) is 0 Å². The van der Waals surface area contributed by atoms with E-state index in [1.807, 2.05) is 0 Å². The number of ether oxygens (including phenoxy) is 2. The zero-order chi connectivity index (χ0) is 15.3. The Morgan fingerprint density at radius 3 is 2.65 bits per heavy atom. The zero-order valence-corrected chi connectivity index (χ0v) is 11.9. The van der Waals surface area contributed by atoms with Gasteiger partial charge in [0.15, 0.2) is 0 Å². The molecule has 9 nitrogen and oxygen atoms in total. The number of hydrogen-bond donors (Lipinski definition) is 1. The minimum absolute atomic E-state index is 0.0627. The molecule has 1 amide bonds. The Labute approximate surface area is 116 Å². The van der Waals surface area contributed by atoms with Gasteiger partial charge in [0.25, 0.3) is 0 Å². The molecule has 1 heterocycles. The third-order valence-corrected chi connectivity index (χ3v) is 2.11. The molecule has 20 heavy (non-hydrogen) atoms. The maximum absolute atomic E-state index is 11.4. The van der Waals surface area contributed by atoms with E-state index in [1.54, 1.807) is 20.8 Å². The second kappa shape index (κ2) is 6.22. The average molecular weight is 286 g/mol. The molecule has 1 N–H and O–H groups in total. The van der Waals surface area contributed by atoms with E-state index in [0.29, 0.717) is 0 Å². The third-order valence-electron chi connectivity index (χ3n) is 2.11. The Balaban J connectivity index is 2.50. The van der Waals surface area contributed by atoms with Crippen molar-refractivity contribution in [2.75, 3.05) is 13.7 Å². The molecule has 0 aliphatic carbocycles. The quantitative estimate of drug-likeness (QED) is 0.646. The van der Waals surface area contributed by atoms with Crippen LogP contribution in [0.3, 0.4) is 0 Å². The first kappa shape index (κ1) is 15.7. The number of hydrogen-bond acceptors (Lipinski definition) is 6. The van der Waals surface area contributed by atoms with E-state index in [0.717, 1.165) is 0 Å². The molecule has 0 fully saturated rings. The molecule has 0 saturated heterocycles. The van der Waals surface area contributed by atoms with Crippen molar-refractivity contribution in [2.24, 2.45) is 0 Å². The summed E-state index contributed by atoms with van der Waals surface area (Å²) in [6.07, 6.45) is 0.696. The van der Waals surface area contributed by atoms with Gasteiger partial charge in [0.05, 0.1) is 18.6 Å². The van der Waals surface area contributed by atoms with Crippen molar-refractivity contribution in [3.8, 4) is 5.88 Å². The number of nitrogens with one attached hydrogen (secondary N) is 1. The lowest BCUT2D eigenvalue weighted by atomic mass is 10.2. The van der Waals surface area contributed by atoms with Crippen LogP contribution in [-0.2, 0) is 11.3 Å². The molecule has 0 atom stereocenters. The molecule has 9 heteroatoms. The van der Waals surface area contributed by atoms with Gasteiger partial charge in [-0.2, -0.15) is 0 Å². The van der Waals surface area contributed by atoms with Gasteiger partial charge < -0.3 is 14.8 Å². The fraction of sp³-hybridized carbons (Fsp3) is 0.636. The number of carbonyl (C=O) groups is 1. The van der Waals surface area contributed by atoms with E-state index in [9.17, 15) is 14.9 Å². The van der Waals surface area contributed by atoms with Crippen molar-refractivity contribution in [2.45, 2.75) is 32.9 Å². The maximum atomic E-state index is 11.4. The van der Waals surface area contributed by atoms with Crippen LogP contribution < -0.4 is 10.1 Å². The van der Waals surface area contributed by atoms with E-state index in [-0.39, 0.29) is 24.7 Å². The molecule has 1 aromatic rings. The topological polar surface area (TPSA) is 109 Å². The Morgan fingerprint density at radius 1 is 1.55 bits per heavy atom. The predicted molar refractivity (Wildman–Crippen MR) is 69.7 cm³/mol. The van der Waals surface area contributed by atoms with Crippen LogP contribution in [0.1, 0.15) is 20.8 Å². The van der Waals surface area contributed by atoms with Crippen molar-refractivity contribution in [3.63, 3.8) is 0 Å². The van der Waals surface area contributed by atoms with Crippen molar-refractivity contribution in [1.82, 2.24) is 15.1 Å². The highest BCUT2D eigenvalue weighted by Gasteiger charge is 2.20. The van der Waals surface area contributed by atoms with Crippen molar-refractivity contribution < 1.29 is 19.2 Å². The smallest absolute Gasteiger partial charge is 0.407 e. The summed E-state index contributed by atoms with van der Waals surface area (Å²) in [5, 5.41) is 17.1. The predicted octanol–water partition coefficient (Wildman–Crippen LogP) is 1.32. The molecule has 0 unspecified atom stereocenters. The maximum Gasteiger partial charge on any atom is 0.407 e. The Morgan fingerprint density at radius 2 is 2.20 bits per heavy atom. The summed E-state index contributed by atoms with van der Waals surface area (Å²) in [5.74, 6) is -0.0627. The first-order valence-corrected chi connectivity index (χ1v) is 5.95. The summed E-state index contributed by atoms with van der Waals surface area (Å²) in [6.45, 7) is 5.78. The van der Waals surface area contributed by atoms with Gasteiger partial charge in [-0.1, -0.05) is 0 Å². The lowest BCUT2D eigenvalue weighted by molar-refractivity contribution is -0.385.